The van der Waals surface area contributed by atoms with E-state index < -0.39 is 10.0 Å². The van der Waals surface area contributed by atoms with Crippen molar-refractivity contribution in [3.63, 3.8) is 0 Å². The molecule has 2 aromatic rings. The number of rotatable bonds is 3. The zero-order chi connectivity index (χ0) is 16.6. The van der Waals surface area contributed by atoms with Gasteiger partial charge in [-0.3, -0.25) is 9.89 Å². The van der Waals surface area contributed by atoms with Crippen LogP contribution in [0.1, 0.15) is 11.4 Å². The van der Waals surface area contributed by atoms with Crippen LogP contribution in [0, 0.1) is 13.8 Å². The van der Waals surface area contributed by atoms with Gasteiger partial charge < -0.3 is 9.88 Å². The normalized spacial score (nSPS) is 16.7. The summed E-state index contributed by atoms with van der Waals surface area (Å²) in [5.41, 5.74) is 1.79. The molecule has 9 heteroatoms. The first-order valence-electron chi connectivity index (χ1n) is 7.35. The summed E-state index contributed by atoms with van der Waals surface area (Å²) >= 11 is 0. The zero-order valence-electron chi connectivity index (χ0n) is 13.0. The van der Waals surface area contributed by atoms with Gasteiger partial charge in [-0.15, -0.1) is 0 Å². The number of nitrogens with zero attached hydrogens (tertiary/aromatic N) is 3. The van der Waals surface area contributed by atoms with Gasteiger partial charge in [-0.05, 0) is 19.9 Å². The predicted molar refractivity (Wildman–Crippen MR) is 86.1 cm³/mol. The Morgan fingerprint density at radius 1 is 1.13 bits per heavy atom. The first-order valence-corrected chi connectivity index (χ1v) is 8.79. The topological polar surface area (TPSA) is 102 Å². The van der Waals surface area contributed by atoms with Gasteiger partial charge in [0, 0.05) is 38.4 Å². The Hall–Kier alpha value is -2.13. The second-order valence-corrected chi connectivity index (χ2v) is 7.44. The van der Waals surface area contributed by atoms with Crippen LogP contribution in [0.3, 0.4) is 0 Å². The highest BCUT2D eigenvalue weighted by atomic mass is 32.2. The molecule has 3 rings (SSSR count). The second kappa shape index (κ2) is 5.82. The minimum absolute atomic E-state index is 0.152. The van der Waals surface area contributed by atoms with Crippen molar-refractivity contribution in [2.24, 2.45) is 0 Å². The van der Waals surface area contributed by atoms with E-state index in [0.717, 1.165) is 5.69 Å². The molecule has 0 amide bonds. The molecule has 1 fully saturated rings. The molecule has 0 aromatic carbocycles. The Labute approximate surface area is 134 Å². The van der Waals surface area contributed by atoms with E-state index >= 15 is 0 Å². The summed E-state index contributed by atoms with van der Waals surface area (Å²) in [5.74, 6) is 0. The van der Waals surface area contributed by atoms with Crippen LogP contribution < -0.4 is 10.5 Å². The first-order chi connectivity index (χ1) is 10.9. The lowest BCUT2D eigenvalue weighted by Crippen LogP contribution is -2.48. The van der Waals surface area contributed by atoms with Gasteiger partial charge in [0.1, 0.15) is 4.90 Å². The Morgan fingerprint density at radius 2 is 1.83 bits per heavy atom. The molecule has 0 atom stereocenters. The summed E-state index contributed by atoms with van der Waals surface area (Å²) in [7, 11) is -3.54. The number of aromatic nitrogens is 3. The molecule has 8 nitrogen and oxygen atoms in total. The molecule has 2 aromatic heterocycles. The number of hydrogen-bond donors (Lipinski definition) is 2. The molecular weight excluding hydrogens is 318 g/mol. The highest BCUT2D eigenvalue weighted by Gasteiger charge is 2.32. The number of aryl methyl sites for hydroxylation is 2. The van der Waals surface area contributed by atoms with E-state index in [1.54, 1.807) is 26.1 Å². The van der Waals surface area contributed by atoms with Gasteiger partial charge in [-0.1, -0.05) is 0 Å². The average Bonchev–Trinajstić information content (AvgIpc) is 2.88. The van der Waals surface area contributed by atoms with Gasteiger partial charge in [0.05, 0.1) is 17.1 Å². The number of H-pyrrole nitrogens is 2. The van der Waals surface area contributed by atoms with E-state index in [1.807, 2.05) is 0 Å². The average molecular weight is 337 g/mol. The molecule has 1 aliphatic rings. The standard InChI is InChI=1S/C14H19N5O3S/c1-10-14(11(2)17-16-10)23(21,22)19-7-5-18(6-8-19)12-3-4-13(20)15-9-12/h3-4,9H,5-8H2,1-2H3,(H,15,20)(H,16,17). The van der Waals surface area contributed by atoms with Gasteiger partial charge >= 0.3 is 0 Å². The van der Waals surface area contributed by atoms with Crippen LogP contribution in [0.15, 0.2) is 28.0 Å². The molecule has 1 saturated heterocycles. The molecule has 2 N–H and O–H groups in total. The van der Waals surface area contributed by atoms with Crippen molar-refractivity contribution in [2.75, 3.05) is 31.1 Å². The van der Waals surface area contributed by atoms with Crippen molar-refractivity contribution in [2.45, 2.75) is 18.7 Å². The smallest absolute Gasteiger partial charge is 0.248 e. The van der Waals surface area contributed by atoms with Gasteiger partial charge in [-0.2, -0.15) is 9.40 Å². The predicted octanol–water partition coefficient (Wildman–Crippen LogP) is 0.226. The van der Waals surface area contributed by atoms with Crippen LogP contribution >= 0.6 is 0 Å². The molecular formula is C14H19N5O3S. The Morgan fingerprint density at radius 3 is 2.35 bits per heavy atom. The Kier molecular flexibility index (Phi) is 3.99. The lowest BCUT2D eigenvalue weighted by Gasteiger charge is -2.35. The number of pyridine rings is 1. The SMILES string of the molecule is Cc1n[nH]c(C)c1S(=O)(=O)N1CCN(c2ccc(=O)[nH]c2)CC1. The first kappa shape index (κ1) is 15.8. The number of anilines is 1. The molecule has 124 valence electrons. The van der Waals surface area contributed by atoms with Gasteiger partial charge in [0.15, 0.2) is 0 Å². The van der Waals surface area contributed by atoms with Crippen LogP contribution in [0.5, 0.6) is 0 Å². The highest BCUT2D eigenvalue weighted by Crippen LogP contribution is 2.23. The van der Waals surface area contributed by atoms with Crippen molar-refractivity contribution in [3.05, 3.63) is 40.1 Å². The largest absolute Gasteiger partial charge is 0.368 e. The summed E-state index contributed by atoms with van der Waals surface area (Å²) in [6.07, 6.45) is 1.65. The van der Waals surface area contributed by atoms with Crippen LogP contribution in [0.25, 0.3) is 0 Å². The number of aromatic amines is 2. The van der Waals surface area contributed by atoms with Crippen LogP contribution in [-0.2, 0) is 10.0 Å². The van der Waals surface area contributed by atoms with Crippen molar-refractivity contribution >= 4 is 15.7 Å². The van der Waals surface area contributed by atoms with E-state index in [4.69, 9.17) is 0 Å². The molecule has 0 unspecified atom stereocenters. The van der Waals surface area contributed by atoms with Gasteiger partial charge in [-0.25, -0.2) is 8.42 Å². The van der Waals surface area contributed by atoms with E-state index in [0.29, 0.717) is 37.6 Å². The number of nitrogens with one attached hydrogen (secondary N) is 2. The van der Waals surface area contributed by atoms with E-state index in [1.165, 1.54) is 10.4 Å². The minimum atomic E-state index is -3.54. The molecule has 0 spiro atoms. The van der Waals surface area contributed by atoms with Crippen LogP contribution in [0.2, 0.25) is 0 Å². The molecule has 23 heavy (non-hydrogen) atoms. The Bertz CT molecular complexity index is 823. The fraction of sp³-hybridized carbons (Fsp3) is 0.429. The number of piperazine rings is 1. The molecule has 0 bridgehead atoms. The van der Waals surface area contributed by atoms with E-state index in [9.17, 15) is 13.2 Å². The van der Waals surface area contributed by atoms with Crippen molar-refractivity contribution < 1.29 is 8.42 Å². The summed E-state index contributed by atoms with van der Waals surface area (Å²) in [5, 5.41) is 6.70. The monoisotopic (exact) mass is 337 g/mol. The third kappa shape index (κ3) is 2.89. The lowest BCUT2D eigenvalue weighted by molar-refractivity contribution is 0.384. The van der Waals surface area contributed by atoms with Gasteiger partial charge in [0.2, 0.25) is 15.6 Å². The van der Waals surface area contributed by atoms with Crippen LogP contribution in [0.4, 0.5) is 5.69 Å². The summed E-state index contributed by atoms with van der Waals surface area (Å²) in [4.78, 5) is 16.1. The van der Waals surface area contributed by atoms with Crippen molar-refractivity contribution in [1.29, 1.82) is 0 Å². The minimum Gasteiger partial charge on any atom is -0.368 e. The van der Waals surface area contributed by atoms with Crippen LogP contribution in [-0.4, -0.2) is 54.1 Å². The molecule has 0 radical (unpaired) electrons. The van der Waals surface area contributed by atoms with Crippen molar-refractivity contribution in [3.8, 4) is 0 Å². The second-order valence-electron chi connectivity index (χ2n) is 5.57. The number of hydrogen-bond acceptors (Lipinski definition) is 5. The fourth-order valence-electron chi connectivity index (χ4n) is 2.84. The van der Waals surface area contributed by atoms with Crippen molar-refractivity contribution in [1.82, 2.24) is 19.5 Å². The maximum atomic E-state index is 12.8. The quantitative estimate of drug-likeness (QED) is 0.834. The highest BCUT2D eigenvalue weighted by molar-refractivity contribution is 7.89. The molecule has 1 aliphatic heterocycles. The fourth-order valence-corrected chi connectivity index (χ4v) is 4.59. The molecule has 3 heterocycles. The third-order valence-electron chi connectivity index (χ3n) is 4.03. The lowest BCUT2D eigenvalue weighted by atomic mass is 10.3. The molecule has 0 saturated carbocycles. The number of sulfonamides is 1. The van der Waals surface area contributed by atoms with E-state index in [-0.39, 0.29) is 10.5 Å². The van der Waals surface area contributed by atoms with E-state index in [2.05, 4.69) is 20.1 Å². The maximum absolute atomic E-state index is 12.8. The zero-order valence-corrected chi connectivity index (χ0v) is 13.9. The van der Waals surface area contributed by atoms with Gasteiger partial charge in [0.25, 0.3) is 0 Å². The maximum Gasteiger partial charge on any atom is 0.248 e. The Balaban J connectivity index is 1.76. The molecule has 0 aliphatic carbocycles. The third-order valence-corrected chi connectivity index (χ3v) is 6.19. The summed E-state index contributed by atoms with van der Waals surface area (Å²) < 4.78 is 27.0. The summed E-state index contributed by atoms with van der Waals surface area (Å²) in [6.45, 7) is 5.33. The summed E-state index contributed by atoms with van der Waals surface area (Å²) in [6, 6.07) is 3.21.